The molecule has 20 heavy (non-hydrogen) atoms. The number of carbonyl (C=O) groups excluding carboxylic acids is 1. The van der Waals surface area contributed by atoms with Crippen molar-refractivity contribution in [3.8, 4) is 11.8 Å². The van der Waals surface area contributed by atoms with Crippen LogP contribution in [0.15, 0.2) is 11.4 Å². The highest BCUT2D eigenvalue weighted by Crippen LogP contribution is 2.18. The van der Waals surface area contributed by atoms with Gasteiger partial charge in [-0.3, -0.25) is 4.79 Å². The molecule has 110 valence electrons. The van der Waals surface area contributed by atoms with Crippen molar-refractivity contribution < 1.29 is 4.79 Å². The Morgan fingerprint density at radius 2 is 2.15 bits per heavy atom. The molecule has 0 atom stereocenters. The van der Waals surface area contributed by atoms with E-state index in [0.29, 0.717) is 13.1 Å². The molecule has 2 N–H and O–H groups in total. The summed E-state index contributed by atoms with van der Waals surface area (Å²) in [6.45, 7) is 4.79. The first kappa shape index (κ1) is 16.7. The van der Waals surface area contributed by atoms with Crippen molar-refractivity contribution in [1.82, 2.24) is 9.80 Å². The molecular formula is C15H23N3OS. The maximum absolute atomic E-state index is 12.5. The number of nitrogens with zero attached hydrogens (tertiary/aromatic N) is 2. The first-order chi connectivity index (χ1) is 9.60. The van der Waals surface area contributed by atoms with E-state index in [9.17, 15) is 4.79 Å². The molecule has 4 nitrogen and oxygen atoms in total. The average Bonchev–Trinajstić information content (AvgIpc) is 2.88. The van der Waals surface area contributed by atoms with E-state index in [-0.39, 0.29) is 5.91 Å². The molecule has 0 fully saturated rings. The van der Waals surface area contributed by atoms with Gasteiger partial charge in [0, 0.05) is 18.7 Å². The Balaban J connectivity index is 2.73. The fraction of sp³-hybridized carbons (Fsp3) is 0.533. The minimum Gasteiger partial charge on any atom is -0.338 e. The summed E-state index contributed by atoms with van der Waals surface area (Å²) in [5, 5.41) is 1.90. The van der Waals surface area contributed by atoms with Crippen LogP contribution in [-0.2, 0) is 0 Å². The van der Waals surface area contributed by atoms with Crippen LogP contribution in [0, 0.1) is 11.8 Å². The molecule has 0 spiro atoms. The van der Waals surface area contributed by atoms with Crippen molar-refractivity contribution >= 4 is 17.2 Å². The molecule has 0 bridgehead atoms. The summed E-state index contributed by atoms with van der Waals surface area (Å²) in [4.78, 5) is 17.2. The van der Waals surface area contributed by atoms with Gasteiger partial charge in [-0.25, -0.2) is 0 Å². The van der Waals surface area contributed by atoms with Crippen LogP contribution in [0.1, 0.15) is 28.6 Å². The summed E-state index contributed by atoms with van der Waals surface area (Å²) in [5.74, 6) is 5.85. The van der Waals surface area contributed by atoms with Crippen molar-refractivity contribution in [3.05, 3.63) is 21.9 Å². The molecule has 1 aromatic heterocycles. The predicted octanol–water partition coefficient (Wildman–Crippen LogP) is 1.47. The Bertz CT molecular complexity index is 485. The van der Waals surface area contributed by atoms with Gasteiger partial charge in [0.05, 0.1) is 6.54 Å². The molecule has 0 aliphatic heterocycles. The summed E-state index contributed by atoms with van der Waals surface area (Å²) in [5.41, 5.74) is 6.17. The fourth-order valence-corrected chi connectivity index (χ4v) is 2.66. The zero-order valence-corrected chi connectivity index (χ0v) is 13.3. The normalized spacial score (nSPS) is 10.2. The Kier molecular flexibility index (Phi) is 7.31. The Morgan fingerprint density at radius 1 is 1.40 bits per heavy atom. The number of amides is 1. The number of nitrogens with two attached hydrogens (primary N) is 1. The molecule has 1 amide bonds. The van der Waals surface area contributed by atoms with Gasteiger partial charge in [-0.1, -0.05) is 11.8 Å². The van der Waals surface area contributed by atoms with Crippen molar-refractivity contribution in [2.24, 2.45) is 5.73 Å². The van der Waals surface area contributed by atoms with Crippen LogP contribution in [0.4, 0.5) is 0 Å². The third kappa shape index (κ3) is 4.97. The van der Waals surface area contributed by atoms with Crippen LogP contribution in [0.2, 0.25) is 0 Å². The van der Waals surface area contributed by atoms with Gasteiger partial charge in [0.15, 0.2) is 0 Å². The molecule has 5 heteroatoms. The third-order valence-corrected chi connectivity index (χ3v) is 3.79. The minimum absolute atomic E-state index is 0.0718. The van der Waals surface area contributed by atoms with Crippen molar-refractivity contribution in [3.63, 3.8) is 0 Å². The summed E-state index contributed by atoms with van der Waals surface area (Å²) in [6, 6.07) is 1.88. The largest absolute Gasteiger partial charge is 0.338 e. The summed E-state index contributed by atoms with van der Waals surface area (Å²) in [6.07, 6.45) is 0.974. The SMILES string of the molecule is CCN(CCCN(C)C)C(=O)c1sccc1C#CCN. The first-order valence-electron chi connectivity index (χ1n) is 6.80. The predicted molar refractivity (Wildman–Crippen MR) is 85.0 cm³/mol. The first-order valence-corrected chi connectivity index (χ1v) is 7.68. The number of hydrogen-bond acceptors (Lipinski definition) is 4. The molecular weight excluding hydrogens is 270 g/mol. The van der Waals surface area contributed by atoms with Crippen LogP contribution in [0.3, 0.4) is 0 Å². The zero-order valence-electron chi connectivity index (χ0n) is 12.5. The summed E-state index contributed by atoms with van der Waals surface area (Å²) < 4.78 is 0. The number of hydrogen-bond donors (Lipinski definition) is 1. The second kappa shape index (κ2) is 8.75. The van der Waals surface area contributed by atoms with E-state index in [4.69, 9.17) is 5.73 Å². The van der Waals surface area contributed by atoms with Gasteiger partial charge < -0.3 is 15.5 Å². The summed E-state index contributed by atoms with van der Waals surface area (Å²) in [7, 11) is 4.08. The standard InChI is InChI=1S/C15H23N3OS/c1-4-18(11-6-10-17(2)3)15(19)14-13(7-5-9-16)8-12-20-14/h8,12H,4,6,9-11,16H2,1-3H3. The molecule has 1 heterocycles. The average molecular weight is 293 g/mol. The van der Waals surface area contributed by atoms with Gasteiger partial charge in [-0.2, -0.15) is 0 Å². The molecule has 0 saturated heterocycles. The highest BCUT2D eigenvalue weighted by Gasteiger charge is 2.18. The smallest absolute Gasteiger partial charge is 0.265 e. The van der Waals surface area contributed by atoms with E-state index >= 15 is 0 Å². The lowest BCUT2D eigenvalue weighted by Crippen LogP contribution is -2.33. The Morgan fingerprint density at radius 3 is 2.75 bits per heavy atom. The molecule has 0 unspecified atom stereocenters. The minimum atomic E-state index is 0.0718. The van der Waals surface area contributed by atoms with E-state index in [2.05, 4.69) is 16.7 Å². The van der Waals surface area contributed by atoms with Crippen molar-refractivity contribution in [1.29, 1.82) is 0 Å². The molecule has 1 rings (SSSR count). The van der Waals surface area contributed by atoms with Crippen LogP contribution in [-0.4, -0.2) is 56.0 Å². The van der Waals surface area contributed by atoms with Gasteiger partial charge >= 0.3 is 0 Å². The lowest BCUT2D eigenvalue weighted by Gasteiger charge is -2.21. The fourth-order valence-electron chi connectivity index (χ4n) is 1.84. The molecule has 1 aromatic rings. The highest BCUT2D eigenvalue weighted by molar-refractivity contribution is 7.12. The van der Waals surface area contributed by atoms with E-state index in [1.54, 1.807) is 0 Å². The zero-order chi connectivity index (χ0) is 15.0. The molecule has 0 aliphatic rings. The van der Waals surface area contributed by atoms with Crippen LogP contribution >= 0.6 is 11.3 Å². The molecule has 0 radical (unpaired) electrons. The van der Waals surface area contributed by atoms with Gasteiger partial charge in [0.2, 0.25) is 0 Å². The highest BCUT2D eigenvalue weighted by atomic mass is 32.1. The van der Waals surface area contributed by atoms with Gasteiger partial charge in [-0.05, 0) is 45.4 Å². The monoisotopic (exact) mass is 293 g/mol. The quantitative estimate of drug-likeness (QED) is 0.808. The molecule has 0 aliphatic carbocycles. The maximum atomic E-state index is 12.5. The maximum Gasteiger partial charge on any atom is 0.265 e. The van der Waals surface area contributed by atoms with E-state index in [1.165, 1.54) is 11.3 Å². The lowest BCUT2D eigenvalue weighted by atomic mass is 10.2. The number of rotatable bonds is 6. The Hall–Kier alpha value is -1.35. The van der Waals surface area contributed by atoms with Crippen LogP contribution in [0.25, 0.3) is 0 Å². The topological polar surface area (TPSA) is 49.6 Å². The number of carbonyl (C=O) groups is 1. The van der Waals surface area contributed by atoms with Crippen molar-refractivity contribution in [2.45, 2.75) is 13.3 Å². The van der Waals surface area contributed by atoms with Gasteiger partial charge in [0.1, 0.15) is 4.88 Å². The van der Waals surface area contributed by atoms with E-state index in [0.717, 1.165) is 30.0 Å². The van der Waals surface area contributed by atoms with Crippen LogP contribution in [0.5, 0.6) is 0 Å². The van der Waals surface area contributed by atoms with Crippen LogP contribution < -0.4 is 5.73 Å². The summed E-state index contributed by atoms with van der Waals surface area (Å²) >= 11 is 1.45. The molecule has 0 saturated carbocycles. The van der Waals surface area contributed by atoms with Gasteiger partial charge in [0.25, 0.3) is 5.91 Å². The second-order valence-corrected chi connectivity index (χ2v) is 5.63. The Labute approximate surface area is 125 Å². The third-order valence-electron chi connectivity index (χ3n) is 2.89. The van der Waals surface area contributed by atoms with Crippen molar-refractivity contribution in [2.75, 3.05) is 40.3 Å². The lowest BCUT2D eigenvalue weighted by molar-refractivity contribution is 0.0764. The van der Waals surface area contributed by atoms with E-state index in [1.807, 2.05) is 37.4 Å². The second-order valence-electron chi connectivity index (χ2n) is 4.71. The molecule has 0 aromatic carbocycles. The van der Waals surface area contributed by atoms with Gasteiger partial charge in [-0.15, -0.1) is 11.3 Å². The van der Waals surface area contributed by atoms with E-state index < -0.39 is 0 Å². The number of thiophene rings is 1.